The summed E-state index contributed by atoms with van der Waals surface area (Å²) in [6.45, 7) is 3.64. The molecule has 3 nitrogen and oxygen atoms in total. The van der Waals surface area contributed by atoms with Crippen molar-refractivity contribution in [2.24, 2.45) is 0 Å². The third kappa shape index (κ3) is 2.62. The minimum atomic E-state index is 0.252. The Morgan fingerprint density at radius 1 is 1.15 bits per heavy atom. The van der Waals surface area contributed by atoms with E-state index in [9.17, 15) is 0 Å². The van der Waals surface area contributed by atoms with Gasteiger partial charge < -0.3 is 14.8 Å². The largest absolute Gasteiger partial charge is 0.382 e. The number of piperidine rings is 1. The van der Waals surface area contributed by atoms with Crippen LogP contribution in [0.5, 0.6) is 0 Å². The van der Waals surface area contributed by atoms with Gasteiger partial charge in [-0.1, -0.05) is 24.3 Å². The molecule has 20 heavy (non-hydrogen) atoms. The summed E-state index contributed by atoms with van der Waals surface area (Å²) >= 11 is 0. The number of nitrogens with one attached hydrogen (secondary N) is 1. The fourth-order valence-electron chi connectivity index (χ4n) is 3.83. The average Bonchev–Trinajstić information content (AvgIpc) is 2.51. The first-order chi connectivity index (χ1) is 9.86. The Bertz CT molecular complexity index is 440. The van der Waals surface area contributed by atoms with E-state index in [0.29, 0.717) is 18.6 Å². The second-order valence-corrected chi connectivity index (χ2v) is 6.01. The topological polar surface area (TPSA) is 30.5 Å². The van der Waals surface area contributed by atoms with Crippen LogP contribution in [0.1, 0.15) is 42.9 Å². The smallest absolute Gasteiger partial charge is 0.0829 e. The quantitative estimate of drug-likeness (QED) is 0.857. The molecule has 1 spiro atoms. The number of benzene rings is 1. The van der Waals surface area contributed by atoms with Gasteiger partial charge in [0.25, 0.3) is 0 Å². The Balaban J connectivity index is 1.83. The van der Waals surface area contributed by atoms with Gasteiger partial charge in [-0.2, -0.15) is 0 Å². The summed E-state index contributed by atoms with van der Waals surface area (Å²) in [6, 6.07) is 8.91. The molecule has 0 aromatic heterocycles. The summed E-state index contributed by atoms with van der Waals surface area (Å²) in [6.07, 6.45) is 5.16. The number of fused-ring (bicyclic) bond motifs is 2. The number of methoxy groups -OCH3 is 1. The average molecular weight is 275 g/mol. The molecule has 1 aromatic rings. The van der Waals surface area contributed by atoms with E-state index in [1.807, 2.05) is 0 Å². The number of ether oxygens (including phenoxy) is 2. The second-order valence-electron chi connectivity index (χ2n) is 6.01. The first kappa shape index (κ1) is 14.1. The minimum Gasteiger partial charge on any atom is -0.382 e. The lowest BCUT2D eigenvalue weighted by Crippen LogP contribution is -2.42. The SMILES string of the molecule is COCCO[C@H]1CCC2(CCNCC2)c2ccccc21. The summed E-state index contributed by atoms with van der Waals surface area (Å²) in [5.41, 5.74) is 3.34. The van der Waals surface area contributed by atoms with Gasteiger partial charge in [-0.3, -0.25) is 0 Å². The van der Waals surface area contributed by atoms with Gasteiger partial charge in [-0.25, -0.2) is 0 Å². The number of hydrogen-bond acceptors (Lipinski definition) is 3. The van der Waals surface area contributed by atoms with Crippen molar-refractivity contribution < 1.29 is 9.47 Å². The summed E-state index contributed by atoms with van der Waals surface area (Å²) < 4.78 is 11.1. The van der Waals surface area contributed by atoms with Gasteiger partial charge in [0.15, 0.2) is 0 Å². The zero-order valence-corrected chi connectivity index (χ0v) is 12.4. The molecule has 1 saturated heterocycles. The van der Waals surface area contributed by atoms with Crippen LogP contribution in [-0.4, -0.2) is 33.4 Å². The molecule has 3 rings (SSSR count). The zero-order valence-electron chi connectivity index (χ0n) is 12.4. The Hall–Kier alpha value is -0.900. The molecule has 0 radical (unpaired) electrons. The molecule has 1 aliphatic heterocycles. The summed E-state index contributed by atoms with van der Waals surface area (Å²) in [4.78, 5) is 0. The third-order valence-electron chi connectivity index (χ3n) is 4.93. The molecule has 0 bridgehead atoms. The number of rotatable bonds is 4. The monoisotopic (exact) mass is 275 g/mol. The number of hydrogen-bond donors (Lipinski definition) is 1. The molecule has 0 unspecified atom stereocenters. The van der Waals surface area contributed by atoms with Crippen LogP contribution in [0, 0.1) is 0 Å². The van der Waals surface area contributed by atoms with Gasteiger partial charge in [0, 0.05) is 7.11 Å². The fourth-order valence-corrected chi connectivity index (χ4v) is 3.83. The van der Waals surface area contributed by atoms with Gasteiger partial charge in [0.05, 0.1) is 19.3 Å². The van der Waals surface area contributed by atoms with Gasteiger partial charge in [-0.15, -0.1) is 0 Å². The Morgan fingerprint density at radius 2 is 1.95 bits per heavy atom. The summed E-state index contributed by atoms with van der Waals surface area (Å²) in [5, 5.41) is 3.49. The molecule has 1 aromatic carbocycles. The molecule has 1 N–H and O–H groups in total. The zero-order chi connectivity index (χ0) is 13.8. The van der Waals surface area contributed by atoms with Crippen molar-refractivity contribution in [3.63, 3.8) is 0 Å². The van der Waals surface area contributed by atoms with Crippen LogP contribution in [0.15, 0.2) is 24.3 Å². The maximum atomic E-state index is 6.04. The van der Waals surface area contributed by atoms with E-state index in [4.69, 9.17) is 9.47 Å². The Morgan fingerprint density at radius 3 is 2.75 bits per heavy atom. The molecule has 1 heterocycles. The summed E-state index contributed by atoms with van der Waals surface area (Å²) in [7, 11) is 1.72. The van der Waals surface area contributed by atoms with Gasteiger partial charge in [-0.05, 0) is 55.3 Å². The van der Waals surface area contributed by atoms with Crippen LogP contribution in [0.2, 0.25) is 0 Å². The molecule has 1 fully saturated rings. The standard InChI is InChI=1S/C17H25NO2/c1-19-12-13-20-16-6-7-17(8-10-18-11-9-17)15-5-3-2-4-14(15)16/h2-5,16,18H,6-13H2,1H3/t16-/m0/s1. The lowest BCUT2D eigenvalue weighted by Gasteiger charge is -2.44. The van der Waals surface area contributed by atoms with Crippen molar-refractivity contribution in [1.82, 2.24) is 5.32 Å². The van der Waals surface area contributed by atoms with Gasteiger partial charge in [0.2, 0.25) is 0 Å². The predicted octanol–water partition coefficient (Wildman–Crippen LogP) is 2.81. The first-order valence-corrected chi connectivity index (χ1v) is 7.76. The fraction of sp³-hybridized carbons (Fsp3) is 0.647. The van der Waals surface area contributed by atoms with Crippen molar-refractivity contribution in [2.45, 2.75) is 37.2 Å². The minimum absolute atomic E-state index is 0.252. The van der Waals surface area contributed by atoms with E-state index in [2.05, 4.69) is 29.6 Å². The van der Waals surface area contributed by atoms with E-state index in [1.165, 1.54) is 30.4 Å². The van der Waals surface area contributed by atoms with E-state index >= 15 is 0 Å². The highest BCUT2D eigenvalue weighted by Crippen LogP contribution is 2.47. The van der Waals surface area contributed by atoms with Crippen LogP contribution in [0.4, 0.5) is 0 Å². The predicted molar refractivity (Wildman–Crippen MR) is 80.0 cm³/mol. The van der Waals surface area contributed by atoms with Crippen molar-refractivity contribution >= 4 is 0 Å². The first-order valence-electron chi connectivity index (χ1n) is 7.76. The highest BCUT2D eigenvalue weighted by Gasteiger charge is 2.40. The van der Waals surface area contributed by atoms with Gasteiger partial charge in [0.1, 0.15) is 0 Å². The van der Waals surface area contributed by atoms with Crippen molar-refractivity contribution in [3.05, 3.63) is 35.4 Å². The molecule has 0 saturated carbocycles. The maximum Gasteiger partial charge on any atom is 0.0829 e. The second kappa shape index (κ2) is 6.25. The van der Waals surface area contributed by atoms with E-state index in [1.54, 1.807) is 7.11 Å². The normalized spacial score (nSPS) is 24.6. The molecule has 2 aliphatic rings. The molecule has 1 atom stereocenters. The van der Waals surface area contributed by atoms with Crippen molar-refractivity contribution in [1.29, 1.82) is 0 Å². The van der Waals surface area contributed by atoms with Crippen LogP contribution >= 0.6 is 0 Å². The third-order valence-corrected chi connectivity index (χ3v) is 4.93. The molecule has 110 valence electrons. The van der Waals surface area contributed by atoms with Crippen molar-refractivity contribution in [2.75, 3.05) is 33.4 Å². The highest BCUT2D eigenvalue weighted by molar-refractivity contribution is 5.39. The van der Waals surface area contributed by atoms with Crippen LogP contribution in [-0.2, 0) is 14.9 Å². The highest BCUT2D eigenvalue weighted by atomic mass is 16.5. The van der Waals surface area contributed by atoms with E-state index < -0.39 is 0 Å². The summed E-state index contributed by atoms with van der Waals surface area (Å²) in [5.74, 6) is 0. The maximum absolute atomic E-state index is 6.04. The van der Waals surface area contributed by atoms with Crippen LogP contribution < -0.4 is 5.32 Å². The Kier molecular flexibility index (Phi) is 4.39. The molecular weight excluding hydrogens is 250 g/mol. The molecule has 3 heteroatoms. The van der Waals surface area contributed by atoms with Crippen LogP contribution in [0.3, 0.4) is 0 Å². The van der Waals surface area contributed by atoms with Crippen LogP contribution in [0.25, 0.3) is 0 Å². The lowest BCUT2D eigenvalue weighted by atomic mass is 9.64. The Labute approximate surface area is 121 Å². The van der Waals surface area contributed by atoms with Crippen molar-refractivity contribution in [3.8, 4) is 0 Å². The molecular formula is C17H25NO2. The lowest BCUT2D eigenvalue weighted by molar-refractivity contribution is -0.000282. The van der Waals surface area contributed by atoms with E-state index in [0.717, 1.165) is 19.5 Å². The van der Waals surface area contributed by atoms with E-state index in [-0.39, 0.29) is 6.10 Å². The van der Waals surface area contributed by atoms with Gasteiger partial charge >= 0.3 is 0 Å². The molecule has 0 amide bonds. The molecule has 1 aliphatic carbocycles.